The number of carbonyl (C=O) groups excluding carboxylic acids is 1. The minimum absolute atomic E-state index is 0.0928. The summed E-state index contributed by atoms with van der Waals surface area (Å²) < 4.78 is 4.44. The number of ether oxygens (including phenoxy) is 1. The largest absolute Gasteiger partial charge is 0.506 e. The van der Waals surface area contributed by atoms with E-state index < -0.39 is 23.5 Å². The lowest BCUT2D eigenvalue weighted by atomic mass is 10.2. The predicted octanol–water partition coefficient (Wildman–Crippen LogP) is 0.622. The van der Waals surface area contributed by atoms with Crippen LogP contribution in [0.15, 0.2) is 24.3 Å². The first-order valence-corrected chi connectivity index (χ1v) is 4.78. The van der Waals surface area contributed by atoms with Crippen LogP contribution in [0.3, 0.4) is 0 Å². The van der Waals surface area contributed by atoms with Gasteiger partial charge in [-0.25, -0.2) is 4.79 Å². The van der Waals surface area contributed by atoms with Gasteiger partial charge in [-0.3, -0.25) is 10.1 Å². The minimum atomic E-state index is -1.14. The maximum Gasteiger partial charge on any atom is 0.335 e. The van der Waals surface area contributed by atoms with Gasteiger partial charge in [0.15, 0.2) is 6.04 Å². The number of hydrogen-bond acceptors (Lipinski definition) is 6. The van der Waals surface area contributed by atoms with Gasteiger partial charge in [0.05, 0.1) is 12.8 Å². The normalized spacial score (nSPS) is 11.6. The number of para-hydroxylation sites is 2. The fourth-order valence-electron chi connectivity index (χ4n) is 1.25. The van der Waals surface area contributed by atoms with E-state index >= 15 is 0 Å². The Morgan fingerprint density at radius 2 is 2.24 bits per heavy atom. The lowest BCUT2D eigenvalue weighted by Crippen LogP contribution is -2.37. The Hall–Kier alpha value is -2.31. The minimum Gasteiger partial charge on any atom is -0.506 e. The van der Waals surface area contributed by atoms with Gasteiger partial charge in [0.1, 0.15) is 5.75 Å². The first-order valence-electron chi connectivity index (χ1n) is 4.78. The number of esters is 1. The lowest BCUT2D eigenvalue weighted by Gasteiger charge is -2.14. The van der Waals surface area contributed by atoms with E-state index in [4.69, 9.17) is 0 Å². The van der Waals surface area contributed by atoms with Crippen LogP contribution in [0.25, 0.3) is 0 Å². The molecular weight excluding hydrogens is 228 g/mol. The molecule has 0 aliphatic rings. The van der Waals surface area contributed by atoms with Crippen molar-refractivity contribution < 1.29 is 19.6 Å². The van der Waals surface area contributed by atoms with Gasteiger partial charge in [-0.15, -0.1) is 0 Å². The molecule has 7 nitrogen and oxygen atoms in total. The lowest BCUT2D eigenvalue weighted by molar-refractivity contribution is -0.480. The summed E-state index contributed by atoms with van der Waals surface area (Å²) in [7, 11) is 1.14. The molecule has 0 saturated carbocycles. The number of rotatable bonds is 5. The highest BCUT2D eigenvalue weighted by Crippen LogP contribution is 2.22. The van der Waals surface area contributed by atoms with E-state index in [9.17, 15) is 20.0 Å². The molecule has 17 heavy (non-hydrogen) atoms. The molecule has 1 rings (SSSR count). The molecule has 0 saturated heterocycles. The zero-order valence-electron chi connectivity index (χ0n) is 9.12. The molecule has 1 unspecified atom stereocenters. The molecule has 1 aromatic carbocycles. The van der Waals surface area contributed by atoms with Crippen LogP contribution in [0.1, 0.15) is 0 Å². The maximum absolute atomic E-state index is 11.3. The zero-order chi connectivity index (χ0) is 12.8. The van der Waals surface area contributed by atoms with E-state index in [1.54, 1.807) is 12.1 Å². The molecule has 0 heterocycles. The number of carbonyl (C=O) groups is 1. The molecule has 0 spiro atoms. The molecule has 0 bridgehead atoms. The Labute approximate surface area is 97.2 Å². The zero-order valence-corrected chi connectivity index (χ0v) is 9.12. The Balaban J connectivity index is 2.82. The van der Waals surface area contributed by atoms with Crippen LogP contribution < -0.4 is 5.32 Å². The van der Waals surface area contributed by atoms with Gasteiger partial charge >= 0.3 is 5.97 Å². The van der Waals surface area contributed by atoms with Gasteiger partial charge in [-0.05, 0) is 12.1 Å². The average molecular weight is 240 g/mol. The molecule has 0 radical (unpaired) electrons. The number of nitro groups is 1. The fraction of sp³-hybridized carbons (Fsp3) is 0.300. The number of benzene rings is 1. The van der Waals surface area contributed by atoms with Gasteiger partial charge in [-0.2, -0.15) is 0 Å². The van der Waals surface area contributed by atoms with Crippen LogP contribution in [-0.2, 0) is 9.53 Å². The Kier molecular flexibility index (Phi) is 4.27. The van der Waals surface area contributed by atoms with Crippen molar-refractivity contribution in [2.75, 3.05) is 19.0 Å². The summed E-state index contributed by atoms with van der Waals surface area (Å²) in [5, 5.41) is 22.4. The number of anilines is 1. The summed E-state index contributed by atoms with van der Waals surface area (Å²) in [5.74, 6) is -0.852. The van der Waals surface area contributed by atoms with Crippen LogP contribution in [0.2, 0.25) is 0 Å². The number of hydrogen-bond donors (Lipinski definition) is 2. The topological polar surface area (TPSA) is 102 Å². The Bertz CT molecular complexity index is 421. The second kappa shape index (κ2) is 5.69. The molecular formula is C10H12N2O5. The van der Waals surface area contributed by atoms with Gasteiger partial charge < -0.3 is 15.2 Å². The maximum atomic E-state index is 11.3. The van der Waals surface area contributed by atoms with Crippen molar-refractivity contribution in [1.82, 2.24) is 0 Å². The van der Waals surface area contributed by atoms with Crippen LogP contribution in [0.5, 0.6) is 5.75 Å². The highest BCUT2D eigenvalue weighted by molar-refractivity contribution is 5.80. The number of phenols is 1. The second-order valence-electron chi connectivity index (χ2n) is 3.25. The monoisotopic (exact) mass is 240 g/mol. The second-order valence-corrected chi connectivity index (χ2v) is 3.25. The van der Waals surface area contributed by atoms with E-state index in [1.165, 1.54) is 12.1 Å². The summed E-state index contributed by atoms with van der Waals surface area (Å²) in [6.45, 7) is -0.624. The Morgan fingerprint density at radius 3 is 2.76 bits per heavy atom. The summed E-state index contributed by atoms with van der Waals surface area (Å²) in [5.41, 5.74) is 0.241. The van der Waals surface area contributed by atoms with Crippen LogP contribution in [0, 0.1) is 10.1 Å². The molecule has 1 atom stereocenters. The smallest absolute Gasteiger partial charge is 0.335 e. The van der Waals surface area contributed by atoms with E-state index in [2.05, 4.69) is 10.1 Å². The summed E-state index contributed by atoms with van der Waals surface area (Å²) in [4.78, 5) is 21.1. The van der Waals surface area contributed by atoms with E-state index in [0.29, 0.717) is 0 Å². The summed E-state index contributed by atoms with van der Waals surface area (Å²) in [6.07, 6.45) is 0. The molecule has 7 heteroatoms. The number of phenolic OH excluding ortho intramolecular Hbond substituents is 1. The third-order valence-corrected chi connectivity index (χ3v) is 2.05. The molecule has 2 N–H and O–H groups in total. The fourth-order valence-corrected chi connectivity index (χ4v) is 1.25. The summed E-state index contributed by atoms with van der Waals surface area (Å²) in [6, 6.07) is 5.00. The predicted molar refractivity (Wildman–Crippen MR) is 59.4 cm³/mol. The van der Waals surface area contributed by atoms with Gasteiger partial charge in [0.2, 0.25) is 6.54 Å². The molecule has 92 valence electrons. The van der Waals surface area contributed by atoms with E-state index in [-0.39, 0.29) is 11.4 Å². The Morgan fingerprint density at radius 1 is 1.59 bits per heavy atom. The van der Waals surface area contributed by atoms with E-state index in [1.807, 2.05) is 0 Å². The van der Waals surface area contributed by atoms with Crippen LogP contribution >= 0.6 is 0 Å². The molecule has 0 aliphatic carbocycles. The van der Waals surface area contributed by atoms with Crippen molar-refractivity contribution in [1.29, 1.82) is 0 Å². The van der Waals surface area contributed by atoms with Crippen LogP contribution in [-0.4, -0.2) is 35.7 Å². The van der Waals surface area contributed by atoms with Gasteiger partial charge in [-0.1, -0.05) is 12.1 Å². The number of nitrogens with zero attached hydrogens (tertiary/aromatic N) is 1. The van der Waals surface area contributed by atoms with Gasteiger partial charge in [0, 0.05) is 4.92 Å². The van der Waals surface area contributed by atoms with Crippen molar-refractivity contribution in [3.63, 3.8) is 0 Å². The van der Waals surface area contributed by atoms with Crippen molar-refractivity contribution in [2.24, 2.45) is 0 Å². The SMILES string of the molecule is COC(=O)C(C[N+](=O)[O-])Nc1ccccc1O. The summed E-state index contributed by atoms with van der Waals surface area (Å²) >= 11 is 0. The van der Waals surface area contributed by atoms with Crippen molar-refractivity contribution >= 4 is 11.7 Å². The van der Waals surface area contributed by atoms with Crippen molar-refractivity contribution in [3.05, 3.63) is 34.4 Å². The third-order valence-electron chi connectivity index (χ3n) is 2.05. The quantitative estimate of drug-likeness (QED) is 0.338. The first kappa shape index (κ1) is 12.8. The highest BCUT2D eigenvalue weighted by atomic mass is 16.6. The molecule has 0 fully saturated rings. The van der Waals surface area contributed by atoms with Crippen LogP contribution in [0.4, 0.5) is 5.69 Å². The number of methoxy groups -OCH3 is 1. The van der Waals surface area contributed by atoms with Gasteiger partial charge in [0.25, 0.3) is 0 Å². The average Bonchev–Trinajstić information content (AvgIpc) is 2.29. The van der Waals surface area contributed by atoms with Crippen molar-refractivity contribution in [2.45, 2.75) is 6.04 Å². The first-order chi connectivity index (χ1) is 8.04. The standard InChI is InChI=1S/C10H12N2O5/c1-17-10(14)8(6-12(15)16)11-7-4-2-3-5-9(7)13/h2-5,8,11,13H,6H2,1H3. The van der Waals surface area contributed by atoms with E-state index in [0.717, 1.165) is 7.11 Å². The molecule has 0 aromatic heterocycles. The molecule has 1 aromatic rings. The number of nitrogens with one attached hydrogen (secondary N) is 1. The van der Waals surface area contributed by atoms with Crippen molar-refractivity contribution in [3.8, 4) is 5.75 Å². The molecule has 0 aliphatic heterocycles. The highest BCUT2D eigenvalue weighted by Gasteiger charge is 2.25. The molecule has 0 amide bonds. The number of aromatic hydroxyl groups is 1. The third kappa shape index (κ3) is 3.63.